The van der Waals surface area contributed by atoms with Crippen molar-refractivity contribution in [2.24, 2.45) is 0 Å². The van der Waals surface area contributed by atoms with E-state index in [1.165, 1.54) is 0 Å². The second-order valence-corrected chi connectivity index (χ2v) is 4.18. The topological polar surface area (TPSA) is 47.6 Å². The van der Waals surface area contributed by atoms with Gasteiger partial charge in [0.05, 0.1) is 12.1 Å². The highest BCUT2D eigenvalue weighted by atomic mass is 16.5. The van der Waals surface area contributed by atoms with Crippen LogP contribution in [0.1, 0.15) is 10.4 Å². The van der Waals surface area contributed by atoms with E-state index < -0.39 is 0 Å². The van der Waals surface area contributed by atoms with Gasteiger partial charge in [0.1, 0.15) is 23.9 Å². The van der Waals surface area contributed by atoms with Crippen molar-refractivity contribution < 1.29 is 14.3 Å². The number of ether oxygens (including phenoxy) is 2. The molecule has 19 heavy (non-hydrogen) atoms. The molecule has 0 aliphatic carbocycles. The highest BCUT2D eigenvalue weighted by Gasteiger charge is 2.17. The lowest BCUT2D eigenvalue weighted by Gasteiger charge is -2.09. The number of carbonyl (C=O) groups is 1. The average molecular weight is 255 g/mol. The van der Waals surface area contributed by atoms with E-state index in [2.05, 4.69) is 5.32 Å². The summed E-state index contributed by atoms with van der Waals surface area (Å²) in [7, 11) is 0. The summed E-state index contributed by atoms with van der Waals surface area (Å²) < 4.78 is 11.2. The van der Waals surface area contributed by atoms with Crippen LogP contribution in [0, 0.1) is 0 Å². The van der Waals surface area contributed by atoms with Crippen molar-refractivity contribution >= 4 is 5.91 Å². The van der Waals surface area contributed by atoms with Gasteiger partial charge in [-0.25, -0.2) is 0 Å². The van der Waals surface area contributed by atoms with E-state index in [1.807, 2.05) is 30.3 Å². The Labute approximate surface area is 111 Å². The Morgan fingerprint density at radius 1 is 1.05 bits per heavy atom. The van der Waals surface area contributed by atoms with Crippen molar-refractivity contribution in [3.63, 3.8) is 0 Å². The fourth-order valence-electron chi connectivity index (χ4n) is 1.92. The van der Waals surface area contributed by atoms with E-state index in [9.17, 15) is 4.79 Å². The Balaban J connectivity index is 1.90. The number of benzene rings is 2. The standard InChI is InChI=1S/C15H13NO3/c17-15-13-10-12(19-11-4-2-1-3-5-11)6-7-14(13)18-9-8-16-15/h1-7,10H,8-9H2,(H,16,17). The van der Waals surface area contributed by atoms with E-state index in [0.717, 1.165) is 5.75 Å². The van der Waals surface area contributed by atoms with Crippen LogP contribution in [0.25, 0.3) is 0 Å². The van der Waals surface area contributed by atoms with Crippen LogP contribution in [-0.2, 0) is 0 Å². The third kappa shape index (κ3) is 2.52. The van der Waals surface area contributed by atoms with E-state index >= 15 is 0 Å². The molecule has 96 valence electrons. The normalized spacial score (nSPS) is 13.8. The molecule has 1 N–H and O–H groups in total. The SMILES string of the molecule is O=C1NCCOc2ccc(Oc3ccccc3)cc21. The molecule has 0 saturated carbocycles. The lowest BCUT2D eigenvalue weighted by atomic mass is 10.2. The Morgan fingerprint density at radius 2 is 1.89 bits per heavy atom. The van der Waals surface area contributed by atoms with Crippen molar-refractivity contribution in [2.75, 3.05) is 13.2 Å². The molecule has 0 saturated heterocycles. The summed E-state index contributed by atoms with van der Waals surface area (Å²) in [5.74, 6) is 1.81. The first-order valence-electron chi connectivity index (χ1n) is 6.11. The number of para-hydroxylation sites is 1. The van der Waals surface area contributed by atoms with Crippen LogP contribution in [0.2, 0.25) is 0 Å². The molecule has 0 atom stereocenters. The fourth-order valence-corrected chi connectivity index (χ4v) is 1.92. The number of hydrogen-bond acceptors (Lipinski definition) is 3. The molecule has 0 spiro atoms. The van der Waals surface area contributed by atoms with Crippen LogP contribution in [0.15, 0.2) is 48.5 Å². The first kappa shape index (κ1) is 11.6. The zero-order chi connectivity index (χ0) is 13.1. The molecular formula is C15H13NO3. The minimum absolute atomic E-state index is 0.133. The third-order valence-corrected chi connectivity index (χ3v) is 2.82. The molecule has 3 rings (SSSR count). The van der Waals surface area contributed by atoms with Crippen molar-refractivity contribution in [1.29, 1.82) is 0 Å². The monoisotopic (exact) mass is 255 g/mol. The van der Waals surface area contributed by atoms with Crippen LogP contribution < -0.4 is 14.8 Å². The van der Waals surface area contributed by atoms with Crippen molar-refractivity contribution in [3.8, 4) is 17.2 Å². The first-order chi connectivity index (χ1) is 9.33. The van der Waals surface area contributed by atoms with Gasteiger partial charge in [0, 0.05) is 0 Å². The van der Waals surface area contributed by atoms with E-state index in [4.69, 9.17) is 9.47 Å². The van der Waals surface area contributed by atoms with Gasteiger partial charge in [0.15, 0.2) is 0 Å². The summed E-state index contributed by atoms with van der Waals surface area (Å²) in [5.41, 5.74) is 0.505. The maximum Gasteiger partial charge on any atom is 0.255 e. The minimum atomic E-state index is -0.133. The molecule has 2 aromatic rings. The van der Waals surface area contributed by atoms with E-state index in [1.54, 1.807) is 18.2 Å². The lowest BCUT2D eigenvalue weighted by Crippen LogP contribution is -2.24. The Hall–Kier alpha value is -2.49. The Bertz CT molecular complexity index is 596. The summed E-state index contributed by atoms with van der Waals surface area (Å²) in [6.45, 7) is 1.00. The maximum absolute atomic E-state index is 11.9. The van der Waals surface area contributed by atoms with Gasteiger partial charge in [-0.05, 0) is 30.3 Å². The van der Waals surface area contributed by atoms with Gasteiger partial charge in [-0.1, -0.05) is 18.2 Å². The molecule has 2 aromatic carbocycles. The predicted octanol–water partition coefficient (Wildman–Crippen LogP) is 2.60. The Kier molecular flexibility index (Phi) is 3.06. The van der Waals surface area contributed by atoms with Crippen molar-refractivity contribution in [1.82, 2.24) is 5.32 Å². The molecule has 0 fully saturated rings. The van der Waals surface area contributed by atoms with Gasteiger partial charge in [0.2, 0.25) is 0 Å². The number of hydrogen-bond donors (Lipinski definition) is 1. The van der Waals surface area contributed by atoms with Gasteiger partial charge in [-0.15, -0.1) is 0 Å². The van der Waals surface area contributed by atoms with Crippen LogP contribution >= 0.6 is 0 Å². The number of nitrogens with one attached hydrogen (secondary N) is 1. The summed E-state index contributed by atoms with van der Waals surface area (Å²) in [6.07, 6.45) is 0. The average Bonchev–Trinajstić information content (AvgIpc) is 2.62. The molecule has 0 unspecified atom stereocenters. The zero-order valence-corrected chi connectivity index (χ0v) is 10.3. The number of amides is 1. The quantitative estimate of drug-likeness (QED) is 0.897. The highest BCUT2D eigenvalue weighted by Crippen LogP contribution is 2.28. The maximum atomic E-state index is 11.9. The van der Waals surface area contributed by atoms with Crippen LogP contribution in [0.5, 0.6) is 17.2 Å². The summed E-state index contributed by atoms with van der Waals surface area (Å²) >= 11 is 0. The molecule has 0 bridgehead atoms. The molecular weight excluding hydrogens is 242 g/mol. The zero-order valence-electron chi connectivity index (χ0n) is 10.3. The summed E-state index contributed by atoms with van der Waals surface area (Å²) in [4.78, 5) is 11.9. The summed E-state index contributed by atoms with van der Waals surface area (Å²) in [5, 5.41) is 2.77. The highest BCUT2D eigenvalue weighted by molar-refractivity contribution is 5.97. The largest absolute Gasteiger partial charge is 0.491 e. The van der Waals surface area contributed by atoms with Gasteiger partial charge >= 0.3 is 0 Å². The smallest absolute Gasteiger partial charge is 0.255 e. The number of fused-ring (bicyclic) bond motifs is 1. The van der Waals surface area contributed by atoms with Gasteiger partial charge in [0.25, 0.3) is 5.91 Å². The van der Waals surface area contributed by atoms with E-state index in [0.29, 0.717) is 30.2 Å². The van der Waals surface area contributed by atoms with Crippen LogP contribution in [0.4, 0.5) is 0 Å². The van der Waals surface area contributed by atoms with Crippen molar-refractivity contribution in [3.05, 3.63) is 54.1 Å². The molecule has 0 aromatic heterocycles. The lowest BCUT2D eigenvalue weighted by molar-refractivity contribution is 0.0957. The number of rotatable bonds is 2. The number of carbonyl (C=O) groups excluding carboxylic acids is 1. The van der Waals surface area contributed by atoms with Gasteiger partial charge < -0.3 is 14.8 Å². The molecule has 1 heterocycles. The minimum Gasteiger partial charge on any atom is -0.491 e. The molecule has 1 aliphatic heterocycles. The van der Waals surface area contributed by atoms with Gasteiger partial charge in [-0.2, -0.15) is 0 Å². The molecule has 4 heteroatoms. The predicted molar refractivity (Wildman–Crippen MR) is 70.8 cm³/mol. The third-order valence-electron chi connectivity index (χ3n) is 2.82. The molecule has 1 aliphatic rings. The van der Waals surface area contributed by atoms with Crippen LogP contribution in [-0.4, -0.2) is 19.1 Å². The molecule has 1 amide bonds. The van der Waals surface area contributed by atoms with Crippen LogP contribution in [0.3, 0.4) is 0 Å². The summed E-state index contributed by atoms with van der Waals surface area (Å²) in [6, 6.07) is 14.7. The Morgan fingerprint density at radius 3 is 2.74 bits per heavy atom. The van der Waals surface area contributed by atoms with Gasteiger partial charge in [-0.3, -0.25) is 4.79 Å². The fraction of sp³-hybridized carbons (Fsp3) is 0.133. The second-order valence-electron chi connectivity index (χ2n) is 4.18. The second kappa shape index (κ2) is 5.02. The van der Waals surface area contributed by atoms with E-state index in [-0.39, 0.29) is 5.91 Å². The molecule has 4 nitrogen and oxygen atoms in total. The van der Waals surface area contributed by atoms with Crippen molar-refractivity contribution in [2.45, 2.75) is 0 Å². The molecule has 0 radical (unpaired) electrons. The first-order valence-corrected chi connectivity index (χ1v) is 6.11.